The molecular formula is C7H9F2NO3. The number of carbonyl (C=O) groups excluding carboxylic acids is 1. The number of nitrogens with zero attached hydrogens (tertiary/aromatic N) is 1. The minimum absolute atomic E-state index is 0.635. The molecule has 1 aliphatic heterocycles. The number of hydrogen-bond acceptors (Lipinski definition) is 2. The van der Waals surface area contributed by atoms with Gasteiger partial charge >= 0.3 is 5.97 Å². The maximum absolute atomic E-state index is 12.7. The fourth-order valence-corrected chi connectivity index (χ4v) is 1.37. The van der Waals surface area contributed by atoms with Crippen LogP contribution < -0.4 is 0 Å². The number of amides is 1. The normalized spacial score (nSPS) is 26.1. The average molecular weight is 193 g/mol. The molecule has 1 amide bonds. The van der Waals surface area contributed by atoms with Crippen LogP contribution in [0.4, 0.5) is 8.78 Å². The third-order valence-corrected chi connectivity index (χ3v) is 1.96. The molecule has 1 unspecified atom stereocenters. The summed E-state index contributed by atoms with van der Waals surface area (Å²) in [6.45, 7) is 0.288. The van der Waals surface area contributed by atoms with Gasteiger partial charge in [-0.3, -0.25) is 4.79 Å². The first-order valence-electron chi connectivity index (χ1n) is 3.71. The van der Waals surface area contributed by atoms with Crippen molar-refractivity contribution in [1.82, 2.24) is 4.90 Å². The fraction of sp³-hybridized carbons (Fsp3) is 0.714. The van der Waals surface area contributed by atoms with Crippen LogP contribution in [0.5, 0.6) is 0 Å². The van der Waals surface area contributed by atoms with Crippen molar-refractivity contribution in [2.75, 3.05) is 6.54 Å². The lowest BCUT2D eigenvalue weighted by molar-refractivity contribution is -0.147. The molecule has 0 bridgehead atoms. The summed E-state index contributed by atoms with van der Waals surface area (Å²) in [4.78, 5) is 21.9. The quantitative estimate of drug-likeness (QED) is 0.652. The summed E-state index contributed by atoms with van der Waals surface area (Å²) >= 11 is 0. The lowest BCUT2D eigenvalue weighted by Gasteiger charge is -2.17. The maximum Gasteiger partial charge on any atom is 0.326 e. The predicted octanol–water partition coefficient (Wildman–Crippen LogP) is 0.327. The first-order chi connectivity index (χ1) is 5.83. The molecule has 13 heavy (non-hydrogen) atoms. The zero-order valence-electron chi connectivity index (χ0n) is 6.96. The van der Waals surface area contributed by atoms with Gasteiger partial charge in [-0.2, -0.15) is 0 Å². The van der Waals surface area contributed by atoms with Crippen LogP contribution in [0.3, 0.4) is 0 Å². The molecule has 1 fully saturated rings. The van der Waals surface area contributed by atoms with E-state index in [9.17, 15) is 18.4 Å². The Kier molecular flexibility index (Phi) is 2.23. The molecule has 0 aromatic rings. The van der Waals surface area contributed by atoms with E-state index in [2.05, 4.69) is 0 Å². The number of alkyl halides is 2. The highest BCUT2D eigenvalue weighted by Gasteiger charge is 2.49. The average Bonchev–Trinajstić information content (AvgIpc) is 2.26. The molecule has 0 aromatic carbocycles. The lowest BCUT2D eigenvalue weighted by Crippen LogP contribution is -2.39. The smallest absolute Gasteiger partial charge is 0.326 e. The predicted molar refractivity (Wildman–Crippen MR) is 38.4 cm³/mol. The molecule has 1 N–H and O–H groups in total. The van der Waals surface area contributed by atoms with Crippen molar-refractivity contribution in [2.45, 2.75) is 25.3 Å². The molecule has 1 saturated heterocycles. The van der Waals surface area contributed by atoms with Crippen LogP contribution in [0.25, 0.3) is 0 Å². The number of hydrogen-bond donors (Lipinski definition) is 1. The Morgan fingerprint density at radius 1 is 1.54 bits per heavy atom. The van der Waals surface area contributed by atoms with Crippen molar-refractivity contribution in [2.24, 2.45) is 0 Å². The van der Waals surface area contributed by atoms with Crippen molar-refractivity contribution >= 4 is 11.9 Å². The van der Waals surface area contributed by atoms with Crippen LogP contribution in [0.1, 0.15) is 13.3 Å². The van der Waals surface area contributed by atoms with Crippen molar-refractivity contribution < 1.29 is 23.5 Å². The van der Waals surface area contributed by atoms with Crippen LogP contribution >= 0.6 is 0 Å². The van der Waals surface area contributed by atoms with E-state index in [1.807, 2.05) is 0 Å². The number of aliphatic carboxylic acids is 1. The van der Waals surface area contributed by atoms with Crippen LogP contribution in [0, 0.1) is 0 Å². The zero-order chi connectivity index (χ0) is 10.2. The van der Waals surface area contributed by atoms with Gasteiger partial charge < -0.3 is 10.0 Å². The van der Waals surface area contributed by atoms with E-state index in [4.69, 9.17) is 5.11 Å². The molecule has 0 aliphatic carbocycles. The molecule has 1 atom stereocenters. The van der Waals surface area contributed by atoms with Gasteiger partial charge in [0, 0.05) is 13.3 Å². The molecule has 1 heterocycles. The van der Waals surface area contributed by atoms with Gasteiger partial charge in [-0.05, 0) is 0 Å². The Morgan fingerprint density at radius 3 is 2.38 bits per heavy atom. The highest BCUT2D eigenvalue weighted by atomic mass is 19.3. The molecular weight excluding hydrogens is 184 g/mol. The summed E-state index contributed by atoms with van der Waals surface area (Å²) in [6, 6.07) is -1.38. The summed E-state index contributed by atoms with van der Waals surface area (Å²) in [7, 11) is 0. The third-order valence-electron chi connectivity index (χ3n) is 1.96. The Balaban J connectivity index is 2.83. The fourth-order valence-electron chi connectivity index (χ4n) is 1.37. The van der Waals surface area contributed by atoms with Gasteiger partial charge in [-0.15, -0.1) is 0 Å². The first-order valence-corrected chi connectivity index (χ1v) is 3.71. The molecule has 1 rings (SSSR count). The zero-order valence-corrected chi connectivity index (χ0v) is 6.96. The number of carboxylic acids is 1. The second kappa shape index (κ2) is 2.93. The largest absolute Gasteiger partial charge is 0.480 e. The lowest BCUT2D eigenvalue weighted by atomic mass is 10.2. The standard InChI is InChI=1S/C7H9F2NO3/c1-4(11)10-3-7(8,9)2-5(10)6(12)13/h5H,2-3H2,1H3,(H,12,13). The van der Waals surface area contributed by atoms with Crippen molar-refractivity contribution in [3.63, 3.8) is 0 Å². The summed E-state index contributed by atoms with van der Waals surface area (Å²) in [5.41, 5.74) is 0. The van der Waals surface area contributed by atoms with Crippen LogP contribution in [0.2, 0.25) is 0 Å². The Labute approximate surface area is 73.1 Å². The first kappa shape index (κ1) is 9.88. The molecule has 0 radical (unpaired) electrons. The Morgan fingerprint density at radius 2 is 2.08 bits per heavy atom. The topological polar surface area (TPSA) is 57.6 Å². The van der Waals surface area contributed by atoms with Gasteiger partial charge in [0.05, 0.1) is 6.54 Å². The van der Waals surface area contributed by atoms with Gasteiger partial charge in [-0.25, -0.2) is 13.6 Å². The molecule has 6 heteroatoms. The Hall–Kier alpha value is -1.20. The van der Waals surface area contributed by atoms with E-state index in [-0.39, 0.29) is 0 Å². The Bertz CT molecular complexity index is 230. The monoisotopic (exact) mass is 193 g/mol. The van der Waals surface area contributed by atoms with E-state index in [1.54, 1.807) is 0 Å². The minimum Gasteiger partial charge on any atom is -0.480 e. The summed E-state index contributed by atoms with van der Waals surface area (Å²) in [6.07, 6.45) is -0.790. The minimum atomic E-state index is -3.07. The maximum atomic E-state index is 12.7. The van der Waals surface area contributed by atoms with E-state index >= 15 is 0 Å². The molecule has 0 saturated carbocycles. The number of halogens is 2. The van der Waals surface area contributed by atoms with Crippen LogP contribution in [-0.4, -0.2) is 40.4 Å². The molecule has 1 aliphatic rings. The van der Waals surface area contributed by atoms with E-state index in [0.29, 0.717) is 4.90 Å². The van der Waals surface area contributed by atoms with Crippen molar-refractivity contribution in [3.8, 4) is 0 Å². The van der Waals surface area contributed by atoms with E-state index < -0.39 is 36.8 Å². The van der Waals surface area contributed by atoms with E-state index in [0.717, 1.165) is 6.92 Å². The van der Waals surface area contributed by atoms with E-state index in [1.165, 1.54) is 0 Å². The highest BCUT2D eigenvalue weighted by molar-refractivity contribution is 5.83. The van der Waals surface area contributed by atoms with Gasteiger partial charge in [0.25, 0.3) is 5.92 Å². The van der Waals surface area contributed by atoms with Gasteiger partial charge in [-0.1, -0.05) is 0 Å². The van der Waals surface area contributed by atoms with Gasteiger partial charge in [0.15, 0.2) is 0 Å². The SMILES string of the molecule is CC(=O)N1CC(F)(F)CC1C(=O)O. The van der Waals surface area contributed by atoms with Crippen LogP contribution in [-0.2, 0) is 9.59 Å². The number of carbonyl (C=O) groups is 2. The summed E-state index contributed by atoms with van der Waals surface area (Å²) in [5, 5.41) is 8.54. The molecule has 4 nitrogen and oxygen atoms in total. The van der Waals surface area contributed by atoms with Crippen molar-refractivity contribution in [1.29, 1.82) is 0 Å². The highest BCUT2D eigenvalue weighted by Crippen LogP contribution is 2.31. The molecule has 0 aromatic heterocycles. The number of carboxylic acid groups (broad SMARTS) is 1. The summed E-state index contributed by atoms with van der Waals surface area (Å²) < 4.78 is 25.4. The summed E-state index contributed by atoms with van der Waals surface area (Å²) in [5.74, 6) is -5.09. The second-order valence-electron chi connectivity index (χ2n) is 3.06. The van der Waals surface area contributed by atoms with Crippen molar-refractivity contribution in [3.05, 3.63) is 0 Å². The van der Waals surface area contributed by atoms with Gasteiger partial charge in [0.2, 0.25) is 5.91 Å². The van der Waals surface area contributed by atoms with Gasteiger partial charge in [0.1, 0.15) is 6.04 Å². The van der Waals surface area contributed by atoms with Crippen LogP contribution in [0.15, 0.2) is 0 Å². The number of rotatable bonds is 1. The molecule has 74 valence electrons. The third kappa shape index (κ3) is 1.93. The second-order valence-corrected chi connectivity index (χ2v) is 3.06. The number of likely N-dealkylation sites (tertiary alicyclic amines) is 1. The molecule has 0 spiro atoms.